The minimum atomic E-state index is 0.0681. The summed E-state index contributed by atoms with van der Waals surface area (Å²) in [5.41, 5.74) is 1.45. The molecule has 1 aromatic carbocycles. The fraction of sp³-hybridized carbons (Fsp3) is 0.600. The van der Waals surface area contributed by atoms with Crippen LogP contribution in [-0.2, 0) is 5.54 Å². The zero-order valence-electron chi connectivity index (χ0n) is 11.1. The van der Waals surface area contributed by atoms with Gasteiger partial charge in [-0.15, -0.1) is 0 Å². The maximum absolute atomic E-state index is 3.50. The highest BCUT2D eigenvalue weighted by Crippen LogP contribution is 2.23. The largest absolute Gasteiger partial charge is 0.310 e. The maximum Gasteiger partial charge on any atom is 0.0532 e. The molecule has 2 heteroatoms. The van der Waals surface area contributed by atoms with Crippen molar-refractivity contribution in [2.45, 2.75) is 31.7 Å². The molecule has 1 aromatic rings. The van der Waals surface area contributed by atoms with Crippen LogP contribution in [0.1, 0.15) is 31.7 Å². The summed E-state index contributed by atoms with van der Waals surface area (Å²) in [4.78, 5) is 2.59. The topological polar surface area (TPSA) is 15.3 Å². The van der Waals surface area contributed by atoms with Crippen LogP contribution in [0.25, 0.3) is 0 Å². The van der Waals surface area contributed by atoms with Gasteiger partial charge in [-0.05, 0) is 45.5 Å². The summed E-state index contributed by atoms with van der Waals surface area (Å²) < 4.78 is 0. The standard InChI is InChI=1S/C15H24N2/c1-15(16-2,14-9-5-3-6-10-14)13-17-11-7-4-8-12-17/h3,5-6,9-10,16H,4,7-8,11-13H2,1-2H3. The summed E-state index contributed by atoms with van der Waals surface area (Å²) in [6, 6.07) is 10.8. The van der Waals surface area contributed by atoms with Gasteiger partial charge in [-0.2, -0.15) is 0 Å². The Kier molecular flexibility index (Phi) is 4.19. The first-order valence-electron chi connectivity index (χ1n) is 6.71. The van der Waals surface area contributed by atoms with Gasteiger partial charge in [0.25, 0.3) is 0 Å². The third kappa shape index (κ3) is 3.08. The molecule has 1 N–H and O–H groups in total. The molecule has 1 atom stereocenters. The second-order valence-electron chi connectivity index (χ2n) is 5.28. The van der Waals surface area contributed by atoms with Gasteiger partial charge in [0.2, 0.25) is 0 Å². The van der Waals surface area contributed by atoms with E-state index in [4.69, 9.17) is 0 Å². The predicted molar refractivity (Wildman–Crippen MR) is 73.1 cm³/mol. The van der Waals surface area contributed by atoms with Crippen LogP contribution >= 0.6 is 0 Å². The Labute approximate surface area is 105 Å². The van der Waals surface area contributed by atoms with Crippen molar-refractivity contribution in [1.82, 2.24) is 10.2 Å². The highest BCUT2D eigenvalue weighted by molar-refractivity contribution is 5.24. The Morgan fingerprint density at radius 2 is 1.76 bits per heavy atom. The van der Waals surface area contributed by atoms with E-state index in [1.54, 1.807) is 0 Å². The van der Waals surface area contributed by atoms with E-state index in [0.717, 1.165) is 6.54 Å². The molecule has 0 amide bonds. The van der Waals surface area contributed by atoms with Gasteiger partial charge in [0.15, 0.2) is 0 Å². The molecule has 0 saturated carbocycles. The summed E-state index contributed by atoms with van der Waals surface area (Å²) in [7, 11) is 2.07. The summed E-state index contributed by atoms with van der Waals surface area (Å²) in [6.07, 6.45) is 4.11. The number of benzene rings is 1. The number of hydrogen-bond donors (Lipinski definition) is 1. The van der Waals surface area contributed by atoms with Crippen molar-refractivity contribution >= 4 is 0 Å². The van der Waals surface area contributed by atoms with Crippen LogP contribution in [0.2, 0.25) is 0 Å². The van der Waals surface area contributed by atoms with Crippen LogP contribution in [0.5, 0.6) is 0 Å². The van der Waals surface area contributed by atoms with Gasteiger partial charge < -0.3 is 10.2 Å². The van der Waals surface area contributed by atoms with Gasteiger partial charge in [-0.25, -0.2) is 0 Å². The van der Waals surface area contributed by atoms with Crippen LogP contribution in [0.15, 0.2) is 30.3 Å². The number of piperidine rings is 1. The Hall–Kier alpha value is -0.860. The third-order valence-electron chi connectivity index (χ3n) is 3.95. The van der Waals surface area contributed by atoms with Crippen LogP contribution in [0, 0.1) is 0 Å². The van der Waals surface area contributed by atoms with E-state index in [-0.39, 0.29) is 5.54 Å². The van der Waals surface area contributed by atoms with Crippen LogP contribution in [-0.4, -0.2) is 31.6 Å². The first-order chi connectivity index (χ1) is 8.24. The quantitative estimate of drug-likeness (QED) is 0.858. The van der Waals surface area contributed by atoms with Crippen molar-refractivity contribution in [2.75, 3.05) is 26.7 Å². The summed E-state index contributed by atoms with van der Waals surface area (Å²) in [5, 5.41) is 3.50. The smallest absolute Gasteiger partial charge is 0.0532 e. The molecule has 0 radical (unpaired) electrons. The lowest BCUT2D eigenvalue weighted by Gasteiger charge is -2.37. The minimum absolute atomic E-state index is 0.0681. The van der Waals surface area contributed by atoms with Gasteiger partial charge in [0.1, 0.15) is 0 Å². The number of likely N-dealkylation sites (tertiary alicyclic amines) is 1. The summed E-state index contributed by atoms with van der Waals surface area (Å²) in [5.74, 6) is 0. The van der Waals surface area contributed by atoms with Gasteiger partial charge in [-0.1, -0.05) is 36.8 Å². The van der Waals surface area contributed by atoms with E-state index in [1.807, 2.05) is 0 Å². The molecule has 0 aromatic heterocycles. The molecule has 1 heterocycles. The summed E-state index contributed by atoms with van der Waals surface area (Å²) in [6.45, 7) is 5.92. The van der Waals surface area contributed by atoms with Crippen molar-refractivity contribution in [3.8, 4) is 0 Å². The van der Waals surface area contributed by atoms with Crippen molar-refractivity contribution in [3.63, 3.8) is 0 Å². The van der Waals surface area contributed by atoms with Gasteiger partial charge in [0.05, 0.1) is 5.54 Å². The number of likely N-dealkylation sites (N-methyl/N-ethyl adjacent to an activating group) is 1. The van der Waals surface area contributed by atoms with Crippen molar-refractivity contribution in [2.24, 2.45) is 0 Å². The molecule has 2 rings (SSSR count). The second kappa shape index (κ2) is 5.65. The molecule has 1 aliphatic heterocycles. The lowest BCUT2D eigenvalue weighted by Crippen LogP contribution is -2.48. The fourth-order valence-corrected chi connectivity index (χ4v) is 2.69. The van der Waals surface area contributed by atoms with Gasteiger partial charge in [0, 0.05) is 6.54 Å². The molecule has 1 unspecified atom stereocenters. The predicted octanol–water partition coefficient (Wildman–Crippen LogP) is 2.61. The molecule has 1 saturated heterocycles. The van der Waals surface area contributed by atoms with E-state index < -0.39 is 0 Å². The van der Waals surface area contributed by atoms with Gasteiger partial charge in [-0.3, -0.25) is 0 Å². The Morgan fingerprint density at radius 1 is 1.12 bits per heavy atom. The number of nitrogens with one attached hydrogen (secondary N) is 1. The Balaban J connectivity index is 2.08. The van der Waals surface area contributed by atoms with E-state index in [9.17, 15) is 0 Å². The van der Waals surface area contributed by atoms with Crippen LogP contribution in [0.4, 0.5) is 0 Å². The van der Waals surface area contributed by atoms with Crippen molar-refractivity contribution < 1.29 is 0 Å². The molecular weight excluding hydrogens is 208 g/mol. The molecule has 94 valence electrons. The first-order valence-corrected chi connectivity index (χ1v) is 6.71. The molecular formula is C15H24N2. The Bertz CT molecular complexity index is 330. The monoisotopic (exact) mass is 232 g/mol. The molecule has 0 aliphatic carbocycles. The van der Waals surface area contributed by atoms with Crippen LogP contribution < -0.4 is 5.32 Å². The molecule has 17 heavy (non-hydrogen) atoms. The lowest BCUT2D eigenvalue weighted by molar-refractivity contribution is 0.169. The number of hydrogen-bond acceptors (Lipinski definition) is 2. The van der Waals surface area contributed by atoms with Gasteiger partial charge >= 0.3 is 0 Å². The van der Waals surface area contributed by atoms with E-state index >= 15 is 0 Å². The number of rotatable bonds is 4. The molecule has 2 nitrogen and oxygen atoms in total. The molecule has 1 fully saturated rings. The lowest BCUT2D eigenvalue weighted by atomic mass is 9.91. The average Bonchev–Trinajstić information content (AvgIpc) is 2.41. The number of nitrogens with zero attached hydrogens (tertiary/aromatic N) is 1. The molecule has 0 bridgehead atoms. The average molecular weight is 232 g/mol. The van der Waals surface area contributed by atoms with Crippen molar-refractivity contribution in [1.29, 1.82) is 0 Å². The molecule has 0 spiro atoms. The SMILES string of the molecule is CNC(C)(CN1CCCCC1)c1ccccc1. The Morgan fingerprint density at radius 3 is 2.35 bits per heavy atom. The van der Waals surface area contributed by atoms with E-state index in [2.05, 4.69) is 54.5 Å². The minimum Gasteiger partial charge on any atom is -0.310 e. The highest BCUT2D eigenvalue weighted by Gasteiger charge is 2.27. The highest BCUT2D eigenvalue weighted by atomic mass is 15.2. The van der Waals surface area contributed by atoms with Crippen LogP contribution in [0.3, 0.4) is 0 Å². The van der Waals surface area contributed by atoms with E-state index in [0.29, 0.717) is 0 Å². The second-order valence-corrected chi connectivity index (χ2v) is 5.28. The summed E-state index contributed by atoms with van der Waals surface area (Å²) >= 11 is 0. The van der Waals surface area contributed by atoms with Crippen molar-refractivity contribution in [3.05, 3.63) is 35.9 Å². The maximum atomic E-state index is 3.50. The van der Waals surface area contributed by atoms with E-state index in [1.165, 1.54) is 37.9 Å². The third-order valence-corrected chi connectivity index (χ3v) is 3.95. The normalized spacial score (nSPS) is 21.1. The molecule has 1 aliphatic rings. The zero-order valence-corrected chi connectivity index (χ0v) is 11.1. The zero-order chi connectivity index (χ0) is 12.1. The first kappa shape index (κ1) is 12.6. The fourth-order valence-electron chi connectivity index (χ4n) is 2.69.